The van der Waals surface area contributed by atoms with E-state index >= 15 is 0 Å². The van der Waals surface area contributed by atoms with Crippen molar-refractivity contribution >= 4 is 11.6 Å². The zero-order chi connectivity index (χ0) is 19.5. The maximum Gasteiger partial charge on any atom is 0.271 e. The van der Waals surface area contributed by atoms with E-state index in [-0.39, 0.29) is 24.0 Å². The lowest BCUT2D eigenvalue weighted by atomic mass is 10.1. The highest BCUT2D eigenvalue weighted by atomic mass is 19.1. The summed E-state index contributed by atoms with van der Waals surface area (Å²) < 4.78 is 20.1. The number of imidazole rings is 1. The Hall–Kier alpha value is -3.88. The summed E-state index contributed by atoms with van der Waals surface area (Å²) in [6.07, 6.45) is 4.32. The zero-order valence-corrected chi connectivity index (χ0v) is 14.8. The lowest BCUT2D eigenvalue weighted by molar-refractivity contribution is 0.0945. The van der Waals surface area contributed by atoms with E-state index < -0.39 is 0 Å². The molecule has 0 aliphatic rings. The van der Waals surface area contributed by atoms with Gasteiger partial charge < -0.3 is 10.1 Å². The number of halogens is 1. The predicted molar refractivity (Wildman–Crippen MR) is 98.1 cm³/mol. The highest BCUT2D eigenvalue weighted by Crippen LogP contribution is 2.25. The molecule has 0 atom stereocenters. The Morgan fingerprint density at radius 3 is 2.71 bits per heavy atom. The number of carbonyl (C=O) groups excluding carboxylic acids is 1. The second kappa shape index (κ2) is 7.39. The molecule has 0 saturated carbocycles. The van der Waals surface area contributed by atoms with Gasteiger partial charge in [0.05, 0.1) is 31.2 Å². The third-order valence-electron chi connectivity index (χ3n) is 4.08. The molecule has 0 bridgehead atoms. The fourth-order valence-corrected chi connectivity index (χ4v) is 2.74. The largest absolute Gasteiger partial charge is 0.480 e. The first-order valence-electron chi connectivity index (χ1n) is 8.38. The molecule has 140 valence electrons. The van der Waals surface area contributed by atoms with Crippen molar-refractivity contribution in [2.45, 2.75) is 6.54 Å². The monoisotopic (exact) mass is 378 g/mol. The second-order valence-electron chi connectivity index (χ2n) is 5.83. The van der Waals surface area contributed by atoms with E-state index in [1.807, 2.05) is 0 Å². The van der Waals surface area contributed by atoms with Gasteiger partial charge >= 0.3 is 0 Å². The SMILES string of the molecule is COc1ccc2nc(-c3ccc(F)cc3)c(CNC(=O)c3cnccn3)n2n1. The molecule has 0 aliphatic carbocycles. The van der Waals surface area contributed by atoms with Gasteiger partial charge in [-0.15, -0.1) is 5.10 Å². The van der Waals surface area contributed by atoms with Crippen LogP contribution in [-0.2, 0) is 6.54 Å². The molecule has 0 unspecified atom stereocenters. The summed E-state index contributed by atoms with van der Waals surface area (Å²) in [5.74, 6) is -0.321. The van der Waals surface area contributed by atoms with Gasteiger partial charge in [0.1, 0.15) is 11.5 Å². The minimum atomic E-state index is -0.379. The molecule has 0 spiro atoms. The van der Waals surface area contributed by atoms with E-state index in [1.165, 1.54) is 37.8 Å². The van der Waals surface area contributed by atoms with Crippen LogP contribution in [0.25, 0.3) is 16.9 Å². The van der Waals surface area contributed by atoms with Gasteiger partial charge in [-0.1, -0.05) is 0 Å². The summed E-state index contributed by atoms with van der Waals surface area (Å²) in [7, 11) is 1.52. The average molecular weight is 378 g/mol. The Morgan fingerprint density at radius 2 is 2.00 bits per heavy atom. The van der Waals surface area contributed by atoms with Gasteiger partial charge in [-0.3, -0.25) is 9.78 Å². The first-order chi connectivity index (χ1) is 13.7. The van der Waals surface area contributed by atoms with Gasteiger partial charge in [0.25, 0.3) is 5.91 Å². The van der Waals surface area contributed by atoms with Crippen LogP contribution in [0.2, 0.25) is 0 Å². The van der Waals surface area contributed by atoms with E-state index in [0.717, 1.165) is 0 Å². The average Bonchev–Trinajstić information content (AvgIpc) is 3.10. The highest BCUT2D eigenvalue weighted by Gasteiger charge is 2.17. The highest BCUT2D eigenvalue weighted by molar-refractivity contribution is 5.91. The molecule has 1 aromatic carbocycles. The molecule has 9 heteroatoms. The number of hydrogen-bond acceptors (Lipinski definition) is 6. The topological polar surface area (TPSA) is 94.3 Å². The van der Waals surface area contributed by atoms with Crippen LogP contribution in [0.3, 0.4) is 0 Å². The summed E-state index contributed by atoms with van der Waals surface area (Å²) in [4.78, 5) is 24.8. The van der Waals surface area contributed by atoms with Crippen LogP contribution >= 0.6 is 0 Å². The van der Waals surface area contributed by atoms with Gasteiger partial charge in [-0.05, 0) is 30.3 Å². The smallest absolute Gasteiger partial charge is 0.271 e. The minimum Gasteiger partial charge on any atom is -0.480 e. The maximum atomic E-state index is 13.3. The Balaban J connectivity index is 1.74. The summed E-state index contributed by atoms with van der Waals surface area (Å²) in [6.45, 7) is 0.128. The van der Waals surface area contributed by atoms with Crippen molar-refractivity contribution in [3.63, 3.8) is 0 Å². The third-order valence-corrected chi connectivity index (χ3v) is 4.08. The van der Waals surface area contributed by atoms with Crippen LogP contribution in [0.1, 0.15) is 16.2 Å². The normalized spacial score (nSPS) is 10.8. The van der Waals surface area contributed by atoms with Crippen LogP contribution in [0.5, 0.6) is 5.88 Å². The maximum absolute atomic E-state index is 13.3. The first-order valence-corrected chi connectivity index (χ1v) is 8.38. The molecule has 0 aliphatic heterocycles. The van der Waals surface area contributed by atoms with E-state index in [2.05, 4.69) is 25.4 Å². The Labute approximate surface area is 159 Å². The summed E-state index contributed by atoms with van der Waals surface area (Å²) in [5.41, 5.74) is 2.68. The molecule has 1 N–H and O–H groups in total. The minimum absolute atomic E-state index is 0.128. The van der Waals surface area contributed by atoms with Crippen molar-refractivity contribution in [2.24, 2.45) is 0 Å². The third kappa shape index (κ3) is 3.37. The van der Waals surface area contributed by atoms with E-state index in [0.29, 0.717) is 28.5 Å². The number of fused-ring (bicyclic) bond motifs is 1. The zero-order valence-electron chi connectivity index (χ0n) is 14.8. The molecule has 4 rings (SSSR count). The molecule has 0 saturated heterocycles. The summed E-state index contributed by atoms with van der Waals surface area (Å²) >= 11 is 0. The number of rotatable bonds is 5. The number of methoxy groups -OCH3 is 1. The van der Waals surface area contributed by atoms with Gasteiger partial charge in [0.2, 0.25) is 5.88 Å². The van der Waals surface area contributed by atoms with Crippen molar-refractivity contribution in [1.82, 2.24) is 29.9 Å². The second-order valence-corrected chi connectivity index (χ2v) is 5.83. The number of hydrogen-bond donors (Lipinski definition) is 1. The van der Waals surface area contributed by atoms with Gasteiger partial charge in [-0.2, -0.15) is 0 Å². The fraction of sp³-hybridized carbons (Fsp3) is 0.105. The number of aromatic nitrogens is 5. The standard InChI is InChI=1S/C19H15FN6O2/c1-28-17-7-6-16-24-18(12-2-4-13(20)5-3-12)15(26(16)25-17)11-23-19(27)14-10-21-8-9-22-14/h2-10H,11H2,1H3,(H,23,27). The summed E-state index contributed by atoms with van der Waals surface area (Å²) in [6, 6.07) is 9.42. The molecule has 3 heterocycles. The van der Waals surface area contributed by atoms with Gasteiger partial charge in [-0.25, -0.2) is 18.9 Å². The van der Waals surface area contributed by atoms with E-state index in [4.69, 9.17) is 4.74 Å². The fourth-order valence-electron chi connectivity index (χ4n) is 2.74. The Bertz CT molecular complexity index is 1130. The van der Waals surface area contributed by atoms with Crippen LogP contribution in [0.4, 0.5) is 4.39 Å². The number of carbonyl (C=O) groups is 1. The molecular weight excluding hydrogens is 363 g/mol. The number of nitrogens with one attached hydrogen (secondary N) is 1. The van der Waals surface area contributed by atoms with Crippen molar-refractivity contribution in [3.05, 3.63) is 72.2 Å². The molecule has 8 nitrogen and oxygen atoms in total. The molecular formula is C19H15FN6O2. The molecule has 4 aromatic rings. The molecule has 0 fully saturated rings. The van der Waals surface area contributed by atoms with Crippen LogP contribution in [0.15, 0.2) is 55.0 Å². The lowest BCUT2D eigenvalue weighted by Gasteiger charge is -2.07. The van der Waals surface area contributed by atoms with Crippen molar-refractivity contribution < 1.29 is 13.9 Å². The number of ether oxygens (including phenoxy) is 1. The van der Waals surface area contributed by atoms with Gasteiger partial charge in [0, 0.05) is 24.0 Å². The molecule has 28 heavy (non-hydrogen) atoms. The quantitative estimate of drug-likeness (QED) is 0.573. The van der Waals surface area contributed by atoms with Crippen LogP contribution in [-0.4, -0.2) is 37.6 Å². The van der Waals surface area contributed by atoms with E-state index in [9.17, 15) is 9.18 Å². The number of benzene rings is 1. The van der Waals surface area contributed by atoms with E-state index in [1.54, 1.807) is 28.8 Å². The Kier molecular flexibility index (Phi) is 4.63. The van der Waals surface area contributed by atoms with Crippen molar-refractivity contribution in [2.75, 3.05) is 7.11 Å². The van der Waals surface area contributed by atoms with Crippen LogP contribution in [0, 0.1) is 5.82 Å². The van der Waals surface area contributed by atoms with Crippen molar-refractivity contribution in [3.8, 4) is 17.1 Å². The number of amides is 1. The molecule has 3 aromatic heterocycles. The lowest BCUT2D eigenvalue weighted by Crippen LogP contribution is -2.25. The molecule has 1 amide bonds. The summed E-state index contributed by atoms with van der Waals surface area (Å²) in [5, 5.41) is 7.18. The Morgan fingerprint density at radius 1 is 1.18 bits per heavy atom. The predicted octanol–water partition coefficient (Wildman–Crippen LogP) is 2.26. The first kappa shape index (κ1) is 17.5. The molecule has 0 radical (unpaired) electrons. The van der Waals surface area contributed by atoms with Gasteiger partial charge in [0.15, 0.2) is 5.65 Å². The van der Waals surface area contributed by atoms with Crippen molar-refractivity contribution in [1.29, 1.82) is 0 Å². The number of nitrogens with zero attached hydrogens (tertiary/aromatic N) is 5. The van der Waals surface area contributed by atoms with Crippen LogP contribution < -0.4 is 10.1 Å².